The summed E-state index contributed by atoms with van der Waals surface area (Å²) in [6.45, 7) is 1.89. The van der Waals surface area contributed by atoms with Crippen molar-refractivity contribution in [3.8, 4) is 17.6 Å². The molecule has 5 nitrogen and oxygen atoms in total. The van der Waals surface area contributed by atoms with Crippen molar-refractivity contribution < 1.29 is 9.53 Å². The van der Waals surface area contributed by atoms with Crippen molar-refractivity contribution in [2.24, 2.45) is 0 Å². The largest absolute Gasteiger partial charge is 0.457 e. The van der Waals surface area contributed by atoms with Crippen LogP contribution >= 0.6 is 0 Å². The zero-order valence-electron chi connectivity index (χ0n) is 11.0. The number of anilines is 1. The Morgan fingerprint density at radius 1 is 1.35 bits per heavy atom. The number of amides is 1. The lowest BCUT2D eigenvalue weighted by molar-refractivity contribution is -0.115. The molecule has 0 spiro atoms. The van der Waals surface area contributed by atoms with Crippen LogP contribution in [-0.2, 0) is 4.79 Å². The Balaban J connectivity index is 2.10. The van der Waals surface area contributed by atoms with E-state index in [1.165, 1.54) is 0 Å². The first kappa shape index (κ1) is 13.6. The van der Waals surface area contributed by atoms with E-state index in [1.807, 2.05) is 6.92 Å². The van der Waals surface area contributed by atoms with Gasteiger partial charge < -0.3 is 10.1 Å². The number of benzene rings is 1. The van der Waals surface area contributed by atoms with Crippen molar-refractivity contribution in [2.45, 2.75) is 13.3 Å². The van der Waals surface area contributed by atoms with E-state index in [0.29, 0.717) is 17.2 Å². The Labute approximate surface area is 116 Å². The molecule has 2 aromatic rings. The van der Waals surface area contributed by atoms with Gasteiger partial charge >= 0.3 is 0 Å². The normalized spacial score (nSPS) is 9.60. The maximum atomic E-state index is 11.3. The van der Waals surface area contributed by atoms with Crippen molar-refractivity contribution in [3.05, 3.63) is 48.3 Å². The Hall–Kier alpha value is -2.87. The summed E-state index contributed by atoms with van der Waals surface area (Å²) in [6.07, 6.45) is 3.15. The van der Waals surface area contributed by atoms with Crippen molar-refractivity contribution in [1.82, 2.24) is 4.98 Å². The van der Waals surface area contributed by atoms with Crippen LogP contribution in [0.4, 0.5) is 5.69 Å². The van der Waals surface area contributed by atoms with E-state index in [2.05, 4.69) is 10.3 Å². The first-order valence-corrected chi connectivity index (χ1v) is 6.04. The third-order valence-corrected chi connectivity index (χ3v) is 2.58. The summed E-state index contributed by atoms with van der Waals surface area (Å²) in [7, 11) is 0. The highest BCUT2D eigenvalue weighted by atomic mass is 16.5. The van der Waals surface area contributed by atoms with E-state index in [9.17, 15) is 4.79 Å². The lowest BCUT2D eigenvalue weighted by Gasteiger charge is -2.10. The summed E-state index contributed by atoms with van der Waals surface area (Å²) in [6, 6.07) is 10.6. The van der Waals surface area contributed by atoms with Gasteiger partial charge in [-0.2, -0.15) is 5.26 Å². The second-order valence-electron chi connectivity index (χ2n) is 4.15. The second-order valence-corrected chi connectivity index (χ2v) is 4.15. The molecule has 5 heteroatoms. The third kappa shape index (κ3) is 3.56. The number of aryl methyl sites for hydroxylation is 1. The molecule has 0 bridgehead atoms. The van der Waals surface area contributed by atoms with Gasteiger partial charge in [-0.3, -0.25) is 9.78 Å². The fourth-order valence-corrected chi connectivity index (χ4v) is 1.65. The first-order valence-electron chi connectivity index (χ1n) is 6.04. The Morgan fingerprint density at radius 2 is 2.10 bits per heavy atom. The maximum Gasteiger partial charge on any atom is 0.238 e. The molecule has 0 atom stereocenters. The Morgan fingerprint density at radius 3 is 2.75 bits per heavy atom. The molecule has 0 unspecified atom stereocenters. The summed E-state index contributed by atoms with van der Waals surface area (Å²) >= 11 is 0. The van der Waals surface area contributed by atoms with E-state index in [-0.39, 0.29) is 12.3 Å². The minimum absolute atomic E-state index is 0.158. The molecule has 20 heavy (non-hydrogen) atoms. The zero-order valence-corrected chi connectivity index (χ0v) is 11.0. The van der Waals surface area contributed by atoms with Gasteiger partial charge in [-0.1, -0.05) is 0 Å². The van der Waals surface area contributed by atoms with Crippen LogP contribution in [0.2, 0.25) is 0 Å². The molecule has 1 aromatic heterocycles. The number of hydrogen-bond acceptors (Lipinski definition) is 4. The molecule has 0 aliphatic rings. The Kier molecular flexibility index (Phi) is 4.30. The lowest BCUT2D eigenvalue weighted by atomic mass is 10.2. The van der Waals surface area contributed by atoms with Gasteiger partial charge in [0.25, 0.3) is 0 Å². The average molecular weight is 267 g/mol. The van der Waals surface area contributed by atoms with Crippen LogP contribution < -0.4 is 10.1 Å². The van der Waals surface area contributed by atoms with Gasteiger partial charge in [-0.05, 0) is 42.8 Å². The van der Waals surface area contributed by atoms with Crippen LogP contribution in [0.3, 0.4) is 0 Å². The average Bonchev–Trinajstić information content (AvgIpc) is 2.43. The number of nitrogens with one attached hydrogen (secondary N) is 1. The predicted molar refractivity (Wildman–Crippen MR) is 74.3 cm³/mol. The molecule has 1 heterocycles. The number of rotatable bonds is 4. The van der Waals surface area contributed by atoms with Crippen LogP contribution in [0.15, 0.2) is 42.7 Å². The number of pyridine rings is 1. The highest BCUT2D eigenvalue weighted by Gasteiger charge is 2.05. The minimum Gasteiger partial charge on any atom is -0.457 e. The number of carbonyl (C=O) groups is 1. The van der Waals surface area contributed by atoms with E-state index in [0.717, 1.165) is 5.56 Å². The summed E-state index contributed by atoms with van der Waals surface area (Å²) in [5.41, 5.74) is 1.53. The summed E-state index contributed by atoms with van der Waals surface area (Å²) < 4.78 is 5.71. The van der Waals surface area contributed by atoms with Gasteiger partial charge in [0.1, 0.15) is 17.9 Å². The quantitative estimate of drug-likeness (QED) is 0.923. The fraction of sp³-hybridized carbons (Fsp3) is 0.133. The number of hydrogen-bond donors (Lipinski definition) is 1. The summed E-state index contributed by atoms with van der Waals surface area (Å²) in [4.78, 5) is 15.2. The molecule has 1 N–H and O–H groups in total. The smallest absolute Gasteiger partial charge is 0.238 e. The van der Waals surface area contributed by atoms with E-state index in [4.69, 9.17) is 10.00 Å². The second kappa shape index (κ2) is 6.34. The number of aromatic nitrogens is 1. The molecule has 0 radical (unpaired) electrons. The van der Waals surface area contributed by atoms with Crippen molar-refractivity contribution in [2.75, 3.05) is 5.32 Å². The number of nitriles is 1. The highest BCUT2D eigenvalue weighted by molar-refractivity contribution is 5.92. The number of nitrogens with zero attached hydrogens (tertiary/aromatic N) is 2. The van der Waals surface area contributed by atoms with Crippen LogP contribution in [0.5, 0.6) is 11.5 Å². The molecule has 0 fully saturated rings. The molecule has 1 aromatic carbocycles. The fourth-order valence-electron chi connectivity index (χ4n) is 1.65. The van der Waals surface area contributed by atoms with Crippen LogP contribution in [-0.4, -0.2) is 10.9 Å². The highest BCUT2D eigenvalue weighted by Crippen LogP contribution is 2.26. The molecule has 2 rings (SSSR count). The van der Waals surface area contributed by atoms with Gasteiger partial charge in [0.15, 0.2) is 0 Å². The Bertz CT molecular complexity index is 648. The number of carbonyl (C=O) groups excluding carboxylic acids is 1. The molecule has 1 amide bonds. The lowest BCUT2D eigenvalue weighted by Crippen LogP contribution is -2.10. The molecule has 0 saturated carbocycles. The predicted octanol–water partition coefficient (Wildman–Crippen LogP) is 3.03. The van der Waals surface area contributed by atoms with Gasteiger partial charge in [-0.25, -0.2) is 0 Å². The monoisotopic (exact) mass is 267 g/mol. The molecule has 0 aliphatic heterocycles. The standard InChI is InChI=1S/C15H13N3O2/c1-11-10-12(18-15(19)4-7-16)2-3-14(11)20-13-5-8-17-9-6-13/h2-3,5-6,8-10H,4H2,1H3,(H,18,19). The molecule has 0 saturated heterocycles. The molecular weight excluding hydrogens is 254 g/mol. The minimum atomic E-state index is -0.324. The molecule has 100 valence electrons. The van der Waals surface area contributed by atoms with Crippen LogP contribution in [0, 0.1) is 18.3 Å². The SMILES string of the molecule is Cc1cc(NC(=O)CC#N)ccc1Oc1ccncc1. The van der Waals surface area contributed by atoms with Crippen LogP contribution in [0.1, 0.15) is 12.0 Å². The maximum absolute atomic E-state index is 11.3. The zero-order chi connectivity index (χ0) is 14.4. The van der Waals surface area contributed by atoms with Gasteiger partial charge in [0.2, 0.25) is 5.91 Å². The van der Waals surface area contributed by atoms with E-state index >= 15 is 0 Å². The summed E-state index contributed by atoms with van der Waals surface area (Å²) in [5.74, 6) is 1.08. The van der Waals surface area contributed by atoms with Gasteiger partial charge in [-0.15, -0.1) is 0 Å². The molecular formula is C15H13N3O2. The topological polar surface area (TPSA) is 75.0 Å². The van der Waals surface area contributed by atoms with E-state index < -0.39 is 0 Å². The van der Waals surface area contributed by atoms with Gasteiger partial charge in [0.05, 0.1) is 6.07 Å². The van der Waals surface area contributed by atoms with Crippen LogP contribution in [0.25, 0.3) is 0 Å². The van der Waals surface area contributed by atoms with E-state index in [1.54, 1.807) is 48.8 Å². The third-order valence-electron chi connectivity index (χ3n) is 2.58. The van der Waals surface area contributed by atoms with Gasteiger partial charge in [0, 0.05) is 18.1 Å². The first-order chi connectivity index (χ1) is 9.69. The summed E-state index contributed by atoms with van der Waals surface area (Å²) in [5, 5.41) is 11.1. The molecule has 0 aliphatic carbocycles. The van der Waals surface area contributed by atoms with Crippen molar-refractivity contribution >= 4 is 11.6 Å². The van der Waals surface area contributed by atoms with Crippen molar-refractivity contribution in [3.63, 3.8) is 0 Å². The number of ether oxygens (including phenoxy) is 1. The van der Waals surface area contributed by atoms with Crippen molar-refractivity contribution in [1.29, 1.82) is 5.26 Å².